The van der Waals surface area contributed by atoms with Gasteiger partial charge in [-0.1, -0.05) is 77.9 Å². The first-order valence-corrected chi connectivity index (χ1v) is 34.7. The van der Waals surface area contributed by atoms with E-state index in [1.807, 2.05) is 113 Å². The summed E-state index contributed by atoms with van der Waals surface area (Å²) < 4.78 is 29.8. The minimum absolute atomic E-state index is 0. The van der Waals surface area contributed by atoms with Crippen molar-refractivity contribution in [3.63, 3.8) is 0 Å². The Bertz CT molecular complexity index is 4920. The van der Waals surface area contributed by atoms with E-state index in [9.17, 15) is 49.6 Å². The Morgan fingerprint density at radius 1 is 0.436 bits per heavy atom. The summed E-state index contributed by atoms with van der Waals surface area (Å²) in [5.41, 5.74) is 20.0. The van der Waals surface area contributed by atoms with Crippen molar-refractivity contribution < 1.29 is 75.6 Å². The molecule has 0 aliphatic rings. The molecule has 0 aromatic heterocycles. The largest absolute Gasteiger partial charge is 1.00 e. The van der Waals surface area contributed by atoms with E-state index in [0.29, 0.717) is 85.9 Å². The number of nitrogens with zero attached hydrogens (tertiary/aromatic N) is 6. The Kier molecular flexibility index (Phi) is 34.0. The molecule has 0 saturated heterocycles. The number of nitrogen functional groups attached to an aromatic ring is 1. The summed E-state index contributed by atoms with van der Waals surface area (Å²) in [6.45, 7) is 22.9. The normalized spacial score (nSPS) is 10.5. The van der Waals surface area contributed by atoms with Crippen molar-refractivity contribution in [3.05, 3.63) is 281 Å². The second kappa shape index (κ2) is 42.8. The molecule has 28 heteroatoms. The first-order chi connectivity index (χ1) is 52.3. The van der Waals surface area contributed by atoms with Gasteiger partial charge >= 0.3 is 16.1 Å². The number of carboxylic acid groups (broad SMARTS) is 1. The molecule has 110 heavy (non-hydrogen) atoms. The summed E-state index contributed by atoms with van der Waals surface area (Å²) in [5.74, 6) is 1.21. The Morgan fingerprint density at radius 3 is 1.07 bits per heavy atom. The number of nitrogens with one attached hydrogen (secondary N) is 3. The Hall–Kier alpha value is -13.3. The first-order valence-electron chi connectivity index (χ1n) is 34.0. The molecule has 10 rings (SSSR count). The van der Waals surface area contributed by atoms with Crippen LogP contribution in [0.5, 0.6) is 34.5 Å². The van der Waals surface area contributed by atoms with Gasteiger partial charge in [0.1, 0.15) is 40.1 Å². The van der Waals surface area contributed by atoms with Gasteiger partial charge in [0.15, 0.2) is 0 Å². The molecule has 576 valence electrons. The molecule has 0 atom stereocenters. The van der Waals surface area contributed by atoms with E-state index in [1.54, 1.807) is 45.6 Å². The summed E-state index contributed by atoms with van der Waals surface area (Å²) in [5, 5.41) is 74.1. The highest BCUT2D eigenvalue weighted by molar-refractivity contribution is 7.16. The molecule has 0 unspecified atom stereocenters. The van der Waals surface area contributed by atoms with Crippen molar-refractivity contribution in [2.75, 3.05) is 50.1 Å². The highest BCUT2D eigenvalue weighted by atomic mass is 31.1. The van der Waals surface area contributed by atoms with Crippen LogP contribution in [0.4, 0.5) is 56.9 Å². The number of non-ortho nitro benzene ring substituents is 2. The van der Waals surface area contributed by atoms with Crippen LogP contribution >= 0.6 is 8.69 Å². The molecule has 0 saturated carbocycles. The number of phenols is 2. The second-order valence-corrected chi connectivity index (χ2v) is 25.4. The fourth-order valence-electron chi connectivity index (χ4n) is 10.6. The smallest absolute Gasteiger partial charge is 0.507 e. The zero-order valence-corrected chi connectivity index (χ0v) is 64.4. The monoisotopic (exact) mass is 1520 g/mol. The van der Waals surface area contributed by atoms with E-state index in [0.717, 1.165) is 33.6 Å². The van der Waals surface area contributed by atoms with Gasteiger partial charge in [-0.05, 0) is 218 Å². The minimum Gasteiger partial charge on any atom is -0.507 e. The molecule has 0 bridgehead atoms. The summed E-state index contributed by atoms with van der Waals surface area (Å²) in [6.07, 6.45) is 0. The lowest BCUT2D eigenvalue weighted by Crippen LogP contribution is -2.13. The molecule has 3 amide bonds. The van der Waals surface area contributed by atoms with Gasteiger partial charge in [0, 0.05) is 49.0 Å². The summed E-state index contributed by atoms with van der Waals surface area (Å²) >= 11 is 0. The molecular formula is C82H92N10O17P+. The summed E-state index contributed by atoms with van der Waals surface area (Å²) in [6, 6.07) is 52.9. The van der Waals surface area contributed by atoms with Crippen LogP contribution in [0.2, 0.25) is 0 Å². The maximum atomic E-state index is 12.8. The van der Waals surface area contributed by atoms with Gasteiger partial charge < -0.3 is 60.8 Å². The van der Waals surface area contributed by atoms with Crippen LogP contribution in [0.1, 0.15) is 148 Å². The zero-order chi connectivity index (χ0) is 81.5. The van der Waals surface area contributed by atoms with Crippen LogP contribution < -0.4 is 40.6 Å². The number of nitrogens with two attached hydrogens (primary N) is 1. The van der Waals surface area contributed by atoms with E-state index >= 15 is 0 Å². The van der Waals surface area contributed by atoms with E-state index in [4.69, 9.17) is 39.2 Å². The molecule has 0 aliphatic carbocycles. The highest BCUT2D eigenvalue weighted by Crippen LogP contribution is 2.37. The molecule has 9 N–H and O–H groups in total. The van der Waals surface area contributed by atoms with Gasteiger partial charge in [-0.25, -0.2) is 9.36 Å². The van der Waals surface area contributed by atoms with Crippen molar-refractivity contribution in [2.45, 2.75) is 93.9 Å². The van der Waals surface area contributed by atoms with Crippen molar-refractivity contribution in [1.29, 1.82) is 0 Å². The van der Waals surface area contributed by atoms with E-state index in [-0.39, 0.29) is 48.6 Å². The minimum atomic E-state index is -1.24. The number of benzene rings is 10. The van der Waals surface area contributed by atoms with Crippen LogP contribution in [-0.2, 0) is 4.57 Å². The van der Waals surface area contributed by atoms with Crippen LogP contribution in [0.3, 0.4) is 0 Å². The number of amides is 3. The third kappa shape index (κ3) is 26.1. The maximum absolute atomic E-state index is 12.8. The van der Waals surface area contributed by atoms with Crippen LogP contribution in [-0.4, -0.2) is 82.2 Å². The Balaban J connectivity index is 0.000000368. The summed E-state index contributed by atoms with van der Waals surface area (Å²) in [4.78, 5) is 75.0. The number of hydrogen-bond donors (Lipinski definition) is 8. The maximum Gasteiger partial charge on any atom is 1.00 e. The van der Waals surface area contributed by atoms with Gasteiger partial charge in [-0.15, -0.1) is 0 Å². The quantitative estimate of drug-likeness (QED) is 0.0115. The van der Waals surface area contributed by atoms with Gasteiger partial charge in [0.05, 0.1) is 89.3 Å². The number of hydrogen-bond acceptors (Lipinski definition) is 20. The number of aromatic carboxylic acids is 1. The van der Waals surface area contributed by atoms with Gasteiger partial charge in [-0.3, -0.25) is 34.6 Å². The number of carbonyl (C=O) groups is 4. The van der Waals surface area contributed by atoms with Gasteiger partial charge in [-0.2, -0.15) is 20.5 Å². The van der Waals surface area contributed by atoms with Crippen LogP contribution in [0.15, 0.2) is 215 Å². The molecule has 0 radical (unpaired) electrons. The Morgan fingerprint density at radius 2 is 0.736 bits per heavy atom. The number of rotatable bonds is 20. The lowest BCUT2D eigenvalue weighted by Gasteiger charge is -2.16. The molecule has 0 spiro atoms. The van der Waals surface area contributed by atoms with Gasteiger partial charge in [0.25, 0.3) is 29.1 Å². The third-order valence-electron chi connectivity index (χ3n) is 16.4. The van der Waals surface area contributed by atoms with Crippen LogP contribution in [0, 0.1) is 54.8 Å². The fourth-order valence-corrected chi connectivity index (χ4v) is 10.6. The number of methoxy groups -OCH3 is 4. The van der Waals surface area contributed by atoms with E-state index < -0.39 is 36.2 Å². The molecule has 0 heterocycles. The van der Waals surface area contributed by atoms with Crippen molar-refractivity contribution >= 4 is 89.3 Å². The molecule has 27 nitrogen and oxygen atoms in total. The lowest BCUT2D eigenvalue weighted by atomic mass is 9.97. The average molecular weight is 1520 g/mol. The Labute approximate surface area is 642 Å². The number of ether oxygens (including phenoxy) is 4. The topological polar surface area (TPSA) is 401 Å². The zero-order valence-electron chi connectivity index (χ0n) is 64.5. The average Bonchev–Trinajstić information content (AvgIpc) is 0.820. The number of carboxylic acids is 1. The fraction of sp³-hybridized carbons (Fsp3) is 0.220. The second-order valence-electron chi connectivity index (χ2n) is 25.2. The first kappa shape index (κ1) is 87.4. The van der Waals surface area contributed by atoms with E-state index in [1.165, 1.54) is 109 Å². The molecule has 10 aromatic carbocycles. The number of nitro groups is 2. The van der Waals surface area contributed by atoms with Crippen molar-refractivity contribution in [3.8, 4) is 34.5 Å². The predicted octanol–water partition coefficient (Wildman–Crippen LogP) is 21.0. The SMILES string of the molecule is COc1cc(C(C)C)c(C)cc1N.COc1cc(C(C)C)c(C)cc1NC(=O)c1ccc(N=Nc2ccc([N+](=O)[O-])cc2)cc1O.COc1cc(C(C)C)c(C)cc1NC(=O)c1ccccc1.COc1cc(C)c(C)cc1NC(=O)c1ccccc1.O=C(O)c1ccc(N=Nc2ccc([N+](=O)[O-])cc2)cc1O.O=PO.[2HH].[H+]. The summed E-state index contributed by atoms with van der Waals surface area (Å²) in [7, 11) is 5.56. The van der Waals surface area contributed by atoms with Crippen molar-refractivity contribution in [1.82, 2.24) is 0 Å². The lowest BCUT2D eigenvalue weighted by molar-refractivity contribution is -0.385. The van der Waals surface area contributed by atoms with Crippen LogP contribution in [0.25, 0.3) is 0 Å². The number of aromatic hydroxyl groups is 2. The molecule has 0 fully saturated rings. The number of anilines is 4. The number of azo groups is 2. The number of phenolic OH excluding ortho intramolecular Hbond substituents is 1. The number of aryl methyl sites for hydroxylation is 5. The third-order valence-corrected chi connectivity index (χ3v) is 16.4. The standard InChI is InChI=1S/C24H24N4O5.C18H21NO2.C16H17NO2.C13H9N3O5.C11H17NO.HO2P.H2/c1-14(2)20-13-23(33-4)21(11-15(20)3)25-24(30)19-10-7-17(12-22(19)29)27-26-16-5-8-18(9-6-16)28(31)32;1-12(2)15-11-17(21-4)16(10-13(15)3)19-18(20)14-8-6-5-7-9-14;1-11-9-14(15(19-3)10-12(11)2)17-16(18)13-7-5-4-6-8-13;17-12-7-9(3-6-11(12)13(18)19)15-14-8-1-4-10(5-2-8)16(20)21;1-7(2)9-6-11(13-4)10(12)5-8(9)3;1-3-2;/h5-14,29H,1-4H3,(H,25,30);5-12H,1-4H3,(H,19,20);4-10H,1-3H3,(H,17,18);1-7,17H,(H,18,19);5-7H,12H2,1-4H3;(H,1,2);1H/p+1/i;;;;;;1+1. The highest BCUT2D eigenvalue weighted by Gasteiger charge is 2.20. The number of nitro benzene ring substituents is 2. The molecular weight excluding hydrogens is 1430 g/mol. The molecule has 0 aliphatic heterocycles. The predicted molar refractivity (Wildman–Crippen MR) is 430 cm³/mol. The number of carbonyl (C=O) groups excluding carboxylic acids is 3. The molecule has 10 aromatic rings. The van der Waals surface area contributed by atoms with Crippen molar-refractivity contribution in [2.24, 2.45) is 20.5 Å². The van der Waals surface area contributed by atoms with E-state index in [2.05, 4.69) is 84.9 Å². The van der Waals surface area contributed by atoms with Gasteiger partial charge in [0.2, 0.25) is 0 Å².